The number of aromatic nitrogens is 1. The highest BCUT2D eigenvalue weighted by Gasteiger charge is 2.22. The van der Waals surface area contributed by atoms with E-state index < -0.39 is 0 Å². The number of amides is 1. The molecule has 106 valence electrons. The Morgan fingerprint density at radius 1 is 1.40 bits per heavy atom. The van der Waals surface area contributed by atoms with Gasteiger partial charge in [0, 0.05) is 5.56 Å². The molecule has 1 aromatic carbocycles. The van der Waals surface area contributed by atoms with E-state index in [9.17, 15) is 9.90 Å². The minimum absolute atomic E-state index is 0.0900. The van der Waals surface area contributed by atoms with Crippen molar-refractivity contribution < 1.29 is 14.4 Å². The number of hydrogen-bond donors (Lipinski definition) is 2. The van der Waals surface area contributed by atoms with E-state index in [4.69, 9.17) is 4.52 Å². The fraction of sp³-hybridized carbons (Fsp3) is 0.333. The van der Waals surface area contributed by atoms with Crippen molar-refractivity contribution in [3.63, 3.8) is 0 Å². The summed E-state index contributed by atoms with van der Waals surface area (Å²) in [5.74, 6) is 0.192. The Bertz CT molecular complexity index is 574. The zero-order valence-electron chi connectivity index (χ0n) is 11.6. The molecular weight excluding hydrogens is 256 g/mol. The molecule has 0 aliphatic carbocycles. The van der Waals surface area contributed by atoms with Crippen LogP contribution in [0.1, 0.15) is 29.5 Å². The van der Waals surface area contributed by atoms with E-state index in [1.54, 1.807) is 6.92 Å². The molecule has 2 aromatic rings. The summed E-state index contributed by atoms with van der Waals surface area (Å²) in [7, 11) is 0. The molecule has 0 bridgehead atoms. The van der Waals surface area contributed by atoms with Crippen molar-refractivity contribution in [2.24, 2.45) is 0 Å². The molecule has 1 heterocycles. The van der Waals surface area contributed by atoms with Crippen LogP contribution in [0.3, 0.4) is 0 Å². The molecular formula is C15H18N2O3. The predicted molar refractivity (Wildman–Crippen MR) is 75.3 cm³/mol. The van der Waals surface area contributed by atoms with E-state index in [1.807, 2.05) is 37.3 Å². The summed E-state index contributed by atoms with van der Waals surface area (Å²) in [5.41, 5.74) is 1.77. The van der Waals surface area contributed by atoms with Crippen molar-refractivity contribution in [3.05, 3.63) is 41.7 Å². The second-order valence-electron chi connectivity index (χ2n) is 4.59. The minimum atomic E-state index is -0.275. The first-order valence-electron chi connectivity index (χ1n) is 6.60. The van der Waals surface area contributed by atoms with Gasteiger partial charge >= 0.3 is 0 Å². The summed E-state index contributed by atoms with van der Waals surface area (Å²) in [6.07, 6.45) is 0.660. The number of aliphatic hydroxyl groups is 1. The van der Waals surface area contributed by atoms with Crippen molar-refractivity contribution in [2.75, 3.05) is 6.61 Å². The minimum Gasteiger partial charge on any atom is -0.394 e. The second kappa shape index (κ2) is 6.34. The zero-order valence-corrected chi connectivity index (χ0v) is 11.6. The molecule has 0 fully saturated rings. The van der Waals surface area contributed by atoms with Gasteiger partial charge in [-0.25, -0.2) is 0 Å². The van der Waals surface area contributed by atoms with E-state index in [1.165, 1.54) is 0 Å². The van der Waals surface area contributed by atoms with Crippen molar-refractivity contribution >= 4 is 5.91 Å². The number of aryl methyl sites for hydroxylation is 1. The molecule has 0 spiro atoms. The molecule has 20 heavy (non-hydrogen) atoms. The van der Waals surface area contributed by atoms with Crippen LogP contribution in [0.4, 0.5) is 0 Å². The fourth-order valence-electron chi connectivity index (χ4n) is 1.97. The Labute approximate surface area is 117 Å². The molecule has 0 aliphatic rings. The lowest BCUT2D eigenvalue weighted by molar-refractivity contribution is 0.0914. The highest BCUT2D eigenvalue weighted by atomic mass is 16.5. The van der Waals surface area contributed by atoms with Crippen molar-refractivity contribution in [1.82, 2.24) is 10.5 Å². The number of carbonyl (C=O) groups excluding carboxylic acids is 1. The van der Waals surface area contributed by atoms with Crippen LogP contribution in [0.5, 0.6) is 0 Å². The average molecular weight is 274 g/mol. The third kappa shape index (κ3) is 2.88. The van der Waals surface area contributed by atoms with Gasteiger partial charge in [0.2, 0.25) is 0 Å². The molecule has 2 rings (SSSR count). The number of hydrogen-bond acceptors (Lipinski definition) is 4. The third-order valence-electron chi connectivity index (χ3n) is 3.19. The van der Waals surface area contributed by atoms with E-state index in [-0.39, 0.29) is 18.6 Å². The van der Waals surface area contributed by atoms with Crippen molar-refractivity contribution in [3.8, 4) is 11.3 Å². The topological polar surface area (TPSA) is 75.4 Å². The maximum atomic E-state index is 12.3. The first kappa shape index (κ1) is 14.3. The molecule has 0 saturated heterocycles. The average Bonchev–Trinajstić information content (AvgIpc) is 2.87. The highest BCUT2D eigenvalue weighted by molar-refractivity contribution is 6.00. The monoisotopic (exact) mass is 274 g/mol. The van der Waals surface area contributed by atoms with Gasteiger partial charge in [-0.2, -0.15) is 0 Å². The van der Waals surface area contributed by atoms with Crippen LogP contribution in [0.15, 0.2) is 34.9 Å². The second-order valence-corrected chi connectivity index (χ2v) is 4.59. The lowest BCUT2D eigenvalue weighted by Gasteiger charge is -2.13. The molecule has 0 aliphatic heterocycles. The summed E-state index contributed by atoms with van der Waals surface area (Å²) in [6, 6.07) is 9.14. The molecule has 2 N–H and O–H groups in total. The largest absolute Gasteiger partial charge is 0.394 e. The normalized spacial score (nSPS) is 12.2. The van der Waals surface area contributed by atoms with Crippen LogP contribution in [0.2, 0.25) is 0 Å². The predicted octanol–water partition coefficient (Wildman–Crippen LogP) is 2.15. The lowest BCUT2D eigenvalue weighted by Crippen LogP contribution is -2.37. The molecule has 5 nitrogen and oxygen atoms in total. The first-order chi connectivity index (χ1) is 9.67. The number of carbonyl (C=O) groups is 1. The summed E-state index contributed by atoms with van der Waals surface area (Å²) in [5, 5.41) is 15.9. The van der Waals surface area contributed by atoms with Gasteiger partial charge in [-0.05, 0) is 13.3 Å². The van der Waals surface area contributed by atoms with Gasteiger partial charge in [0.25, 0.3) is 5.91 Å². The Kier molecular flexibility index (Phi) is 4.53. The Balaban J connectivity index is 2.32. The Morgan fingerprint density at radius 3 is 2.70 bits per heavy atom. The van der Waals surface area contributed by atoms with Gasteiger partial charge in [-0.3, -0.25) is 4.79 Å². The zero-order chi connectivity index (χ0) is 14.5. The van der Waals surface area contributed by atoms with Gasteiger partial charge in [-0.1, -0.05) is 42.4 Å². The fourth-order valence-corrected chi connectivity index (χ4v) is 1.97. The summed E-state index contributed by atoms with van der Waals surface area (Å²) >= 11 is 0. The molecule has 1 amide bonds. The molecule has 1 aromatic heterocycles. The van der Waals surface area contributed by atoms with Crippen LogP contribution in [0.25, 0.3) is 11.3 Å². The maximum Gasteiger partial charge on any atom is 0.257 e. The summed E-state index contributed by atoms with van der Waals surface area (Å²) < 4.78 is 5.15. The standard InChI is InChI=1S/C15H18N2O3/c1-3-12(9-18)16-15(19)13-10(2)20-17-14(13)11-7-5-4-6-8-11/h4-8,12,18H,3,9H2,1-2H3,(H,16,19). The molecule has 0 saturated carbocycles. The van der Waals surface area contributed by atoms with Crippen LogP contribution in [-0.4, -0.2) is 28.8 Å². The third-order valence-corrected chi connectivity index (χ3v) is 3.19. The van der Waals surface area contributed by atoms with Crippen LogP contribution >= 0.6 is 0 Å². The number of aliphatic hydroxyl groups excluding tert-OH is 1. The summed E-state index contributed by atoms with van der Waals surface area (Å²) in [4.78, 5) is 12.3. The quantitative estimate of drug-likeness (QED) is 0.876. The maximum absolute atomic E-state index is 12.3. The number of rotatable bonds is 5. The van der Waals surface area contributed by atoms with Gasteiger partial charge in [-0.15, -0.1) is 0 Å². The van der Waals surface area contributed by atoms with Gasteiger partial charge in [0.05, 0.1) is 12.6 Å². The van der Waals surface area contributed by atoms with Crippen LogP contribution in [-0.2, 0) is 0 Å². The molecule has 0 radical (unpaired) electrons. The summed E-state index contributed by atoms with van der Waals surface area (Å²) in [6.45, 7) is 3.52. The lowest BCUT2D eigenvalue weighted by atomic mass is 10.1. The first-order valence-corrected chi connectivity index (χ1v) is 6.60. The van der Waals surface area contributed by atoms with E-state index >= 15 is 0 Å². The van der Waals surface area contributed by atoms with Gasteiger partial charge < -0.3 is 14.9 Å². The number of nitrogens with zero attached hydrogens (tertiary/aromatic N) is 1. The number of nitrogens with one attached hydrogen (secondary N) is 1. The van der Waals surface area contributed by atoms with E-state index in [2.05, 4.69) is 10.5 Å². The van der Waals surface area contributed by atoms with Gasteiger partial charge in [0.1, 0.15) is 17.0 Å². The number of benzene rings is 1. The molecule has 1 atom stereocenters. The highest BCUT2D eigenvalue weighted by Crippen LogP contribution is 2.24. The molecule has 5 heteroatoms. The van der Waals surface area contributed by atoms with E-state index in [0.717, 1.165) is 5.56 Å². The molecule has 1 unspecified atom stereocenters. The van der Waals surface area contributed by atoms with Crippen molar-refractivity contribution in [2.45, 2.75) is 26.3 Å². The Hall–Kier alpha value is -2.14. The van der Waals surface area contributed by atoms with Crippen LogP contribution < -0.4 is 5.32 Å². The van der Waals surface area contributed by atoms with Crippen molar-refractivity contribution in [1.29, 1.82) is 0 Å². The van der Waals surface area contributed by atoms with Crippen LogP contribution in [0, 0.1) is 6.92 Å². The SMILES string of the molecule is CCC(CO)NC(=O)c1c(-c2ccccc2)noc1C. The van der Waals surface area contributed by atoms with Gasteiger partial charge in [0.15, 0.2) is 0 Å². The Morgan fingerprint density at radius 2 is 2.10 bits per heavy atom. The van der Waals surface area contributed by atoms with E-state index in [0.29, 0.717) is 23.4 Å². The smallest absolute Gasteiger partial charge is 0.257 e.